The summed E-state index contributed by atoms with van der Waals surface area (Å²) in [6, 6.07) is 5.21. The highest BCUT2D eigenvalue weighted by atomic mass is 16.5. The lowest BCUT2D eigenvalue weighted by Crippen LogP contribution is -2.27. The molecule has 0 unspecified atom stereocenters. The van der Waals surface area contributed by atoms with Crippen LogP contribution in [0.5, 0.6) is 11.5 Å². The molecule has 2 aromatic rings. The van der Waals surface area contributed by atoms with Gasteiger partial charge in [0.05, 0.1) is 20.3 Å². The molecule has 1 aromatic heterocycles. The van der Waals surface area contributed by atoms with Crippen molar-refractivity contribution in [3.8, 4) is 23.3 Å². The number of hydrogen-bond acceptors (Lipinski definition) is 6. The number of hydrogen-bond donors (Lipinski definition) is 2. The number of carbonyl (C=O) groups excluding carboxylic acids is 2. The van der Waals surface area contributed by atoms with Crippen LogP contribution in [0.2, 0.25) is 0 Å². The van der Waals surface area contributed by atoms with Crippen molar-refractivity contribution < 1.29 is 19.1 Å². The number of nitrogens with two attached hydrogens (primary N) is 1. The first-order valence-electron chi connectivity index (χ1n) is 11.3. The molecule has 9 heteroatoms. The molecular formula is C25H29N5O4. The summed E-state index contributed by atoms with van der Waals surface area (Å²) in [6.45, 7) is 5.37. The van der Waals surface area contributed by atoms with Crippen molar-refractivity contribution in [3.63, 3.8) is 0 Å². The van der Waals surface area contributed by atoms with Crippen LogP contribution in [0.4, 0.5) is 5.82 Å². The SMILES string of the molecule is C=CC(=O)N1CC[C@H](n2nc(C#Cc3cc(OC)cc(OC)c3)c(C(N)=O)c2NCC2CC2)C1. The van der Waals surface area contributed by atoms with Gasteiger partial charge >= 0.3 is 0 Å². The van der Waals surface area contributed by atoms with E-state index in [2.05, 4.69) is 28.8 Å². The molecule has 2 aliphatic rings. The molecule has 0 spiro atoms. The second kappa shape index (κ2) is 9.91. The molecule has 1 saturated heterocycles. The number of anilines is 1. The molecule has 1 aromatic carbocycles. The van der Waals surface area contributed by atoms with E-state index in [1.54, 1.807) is 42.0 Å². The Kier molecular flexibility index (Phi) is 6.77. The van der Waals surface area contributed by atoms with E-state index in [-0.39, 0.29) is 17.5 Å². The normalized spacial score (nSPS) is 17.0. The van der Waals surface area contributed by atoms with Gasteiger partial charge < -0.3 is 25.4 Å². The van der Waals surface area contributed by atoms with Crippen LogP contribution < -0.4 is 20.5 Å². The number of likely N-dealkylation sites (tertiary alicyclic amines) is 1. The van der Waals surface area contributed by atoms with E-state index in [4.69, 9.17) is 15.2 Å². The van der Waals surface area contributed by atoms with Gasteiger partial charge in [-0.1, -0.05) is 12.5 Å². The van der Waals surface area contributed by atoms with E-state index >= 15 is 0 Å². The number of amides is 2. The maximum atomic E-state index is 12.5. The summed E-state index contributed by atoms with van der Waals surface area (Å²) in [5.41, 5.74) is 6.99. The van der Waals surface area contributed by atoms with Crippen LogP contribution in [0.1, 0.15) is 46.9 Å². The fraction of sp³-hybridized carbons (Fsp3) is 0.400. The zero-order valence-corrected chi connectivity index (χ0v) is 19.5. The van der Waals surface area contributed by atoms with Crippen LogP contribution in [0, 0.1) is 17.8 Å². The summed E-state index contributed by atoms with van der Waals surface area (Å²) in [7, 11) is 3.14. The van der Waals surface area contributed by atoms with Gasteiger partial charge in [-0.3, -0.25) is 9.59 Å². The van der Waals surface area contributed by atoms with Gasteiger partial charge in [0.1, 0.15) is 22.9 Å². The summed E-state index contributed by atoms with van der Waals surface area (Å²) in [6.07, 6.45) is 4.33. The second-order valence-electron chi connectivity index (χ2n) is 8.49. The number of methoxy groups -OCH3 is 2. The minimum Gasteiger partial charge on any atom is -0.497 e. The van der Waals surface area contributed by atoms with Crippen molar-refractivity contribution in [3.05, 3.63) is 47.7 Å². The minimum atomic E-state index is -0.603. The number of rotatable bonds is 8. The predicted octanol–water partition coefficient (Wildman–Crippen LogP) is 2.18. The lowest BCUT2D eigenvalue weighted by Gasteiger charge is -2.17. The molecule has 1 saturated carbocycles. The quantitative estimate of drug-likeness (QED) is 0.459. The third-order valence-corrected chi connectivity index (χ3v) is 6.08. The van der Waals surface area contributed by atoms with Crippen LogP contribution in [0.25, 0.3) is 0 Å². The van der Waals surface area contributed by atoms with Crippen molar-refractivity contribution in [1.82, 2.24) is 14.7 Å². The molecule has 2 amide bonds. The Hall–Kier alpha value is -3.93. The van der Waals surface area contributed by atoms with Crippen LogP contribution in [0.15, 0.2) is 30.9 Å². The second-order valence-corrected chi connectivity index (χ2v) is 8.49. The zero-order valence-electron chi connectivity index (χ0n) is 19.5. The first-order chi connectivity index (χ1) is 16.4. The van der Waals surface area contributed by atoms with Crippen molar-refractivity contribution >= 4 is 17.6 Å². The van der Waals surface area contributed by atoms with Crippen molar-refractivity contribution in [2.75, 3.05) is 39.2 Å². The Balaban J connectivity index is 1.72. The fourth-order valence-electron chi connectivity index (χ4n) is 4.03. The molecule has 2 heterocycles. The third-order valence-electron chi connectivity index (χ3n) is 6.08. The lowest BCUT2D eigenvalue weighted by molar-refractivity contribution is -0.125. The van der Waals surface area contributed by atoms with E-state index in [9.17, 15) is 9.59 Å². The molecule has 1 aliphatic carbocycles. The smallest absolute Gasteiger partial charge is 0.255 e. The monoisotopic (exact) mass is 463 g/mol. The predicted molar refractivity (Wildman–Crippen MR) is 128 cm³/mol. The number of benzene rings is 1. The Morgan fingerprint density at radius 1 is 1.21 bits per heavy atom. The Bertz CT molecular complexity index is 1150. The maximum Gasteiger partial charge on any atom is 0.255 e. The van der Waals surface area contributed by atoms with E-state index in [0.717, 1.165) is 19.4 Å². The Labute approximate surface area is 198 Å². The van der Waals surface area contributed by atoms with E-state index < -0.39 is 5.91 Å². The molecule has 34 heavy (non-hydrogen) atoms. The molecule has 2 fully saturated rings. The van der Waals surface area contributed by atoms with Gasteiger partial charge in [0.15, 0.2) is 5.69 Å². The molecule has 4 rings (SSSR count). The van der Waals surface area contributed by atoms with Crippen LogP contribution in [-0.4, -0.2) is 60.3 Å². The van der Waals surface area contributed by atoms with Gasteiger partial charge in [0.25, 0.3) is 5.91 Å². The highest BCUT2D eigenvalue weighted by molar-refractivity contribution is 6.00. The number of nitrogens with one attached hydrogen (secondary N) is 1. The minimum absolute atomic E-state index is 0.101. The van der Waals surface area contributed by atoms with E-state index in [0.29, 0.717) is 54.0 Å². The first-order valence-corrected chi connectivity index (χ1v) is 11.3. The molecule has 3 N–H and O–H groups in total. The van der Waals surface area contributed by atoms with Gasteiger partial charge in [-0.05, 0) is 49.3 Å². The first kappa shape index (κ1) is 23.2. The summed E-state index contributed by atoms with van der Waals surface area (Å²) >= 11 is 0. The fourth-order valence-corrected chi connectivity index (χ4v) is 4.03. The molecule has 1 atom stereocenters. The number of aromatic nitrogens is 2. The van der Waals surface area contributed by atoms with Gasteiger partial charge in [0, 0.05) is 31.3 Å². The Morgan fingerprint density at radius 2 is 1.91 bits per heavy atom. The standard InChI is InChI=1S/C25H29N5O4/c1-4-22(31)29-10-9-18(15-29)30-25(27-14-16-5-6-16)23(24(26)32)21(28-30)8-7-17-11-19(33-2)13-20(12-17)34-3/h4,11-13,16,18,27H,1,5-6,9-10,14-15H2,2-3H3,(H2,26,32)/t18-/m0/s1. The van der Waals surface area contributed by atoms with Crippen molar-refractivity contribution in [2.45, 2.75) is 25.3 Å². The third kappa shape index (κ3) is 5.01. The Morgan fingerprint density at radius 3 is 2.50 bits per heavy atom. The number of nitrogens with zero attached hydrogens (tertiary/aromatic N) is 3. The molecule has 178 valence electrons. The largest absolute Gasteiger partial charge is 0.497 e. The van der Waals surface area contributed by atoms with Gasteiger partial charge in [-0.15, -0.1) is 0 Å². The summed E-state index contributed by atoms with van der Waals surface area (Å²) in [4.78, 5) is 26.3. The zero-order chi connectivity index (χ0) is 24.2. The van der Waals surface area contributed by atoms with Crippen molar-refractivity contribution in [1.29, 1.82) is 0 Å². The summed E-state index contributed by atoms with van der Waals surface area (Å²) in [5, 5.41) is 8.07. The van der Waals surface area contributed by atoms with Crippen LogP contribution in [-0.2, 0) is 4.79 Å². The van der Waals surface area contributed by atoms with Crippen molar-refractivity contribution in [2.24, 2.45) is 11.7 Å². The molecule has 0 radical (unpaired) electrons. The maximum absolute atomic E-state index is 12.5. The van der Waals surface area contributed by atoms with Crippen LogP contribution in [0.3, 0.4) is 0 Å². The lowest BCUT2D eigenvalue weighted by atomic mass is 10.1. The molecule has 9 nitrogen and oxygen atoms in total. The highest BCUT2D eigenvalue weighted by Crippen LogP contribution is 2.33. The average molecular weight is 464 g/mol. The van der Waals surface area contributed by atoms with Crippen LogP contribution >= 0.6 is 0 Å². The number of primary amides is 1. The summed E-state index contributed by atoms with van der Waals surface area (Å²) in [5.74, 6) is 7.69. The van der Waals surface area contributed by atoms with E-state index in [1.165, 1.54) is 6.08 Å². The number of carbonyl (C=O) groups is 2. The molecule has 1 aliphatic heterocycles. The number of ether oxygens (including phenoxy) is 2. The van der Waals surface area contributed by atoms with Gasteiger partial charge in [0.2, 0.25) is 5.91 Å². The van der Waals surface area contributed by atoms with Gasteiger partial charge in [-0.25, -0.2) is 4.68 Å². The van der Waals surface area contributed by atoms with E-state index in [1.807, 2.05) is 0 Å². The van der Waals surface area contributed by atoms with Gasteiger partial charge in [-0.2, -0.15) is 5.10 Å². The summed E-state index contributed by atoms with van der Waals surface area (Å²) < 4.78 is 12.4. The highest BCUT2D eigenvalue weighted by Gasteiger charge is 2.32. The topological polar surface area (TPSA) is 112 Å². The molecule has 0 bridgehead atoms. The molecular weight excluding hydrogens is 434 g/mol. The average Bonchev–Trinajstić information content (AvgIpc) is 3.41.